The van der Waals surface area contributed by atoms with E-state index >= 15 is 0 Å². The number of nitrogens with zero attached hydrogens (tertiary/aromatic N) is 1. The average Bonchev–Trinajstić information content (AvgIpc) is 3.28. The minimum absolute atomic E-state index is 0.168. The Hall–Kier alpha value is -2.25. The highest BCUT2D eigenvalue weighted by molar-refractivity contribution is 6.15. The number of fused-ring (bicyclic) bond motifs is 1. The Morgan fingerprint density at radius 2 is 1.95 bits per heavy atom. The fraction of sp³-hybridized carbons (Fsp3) is 0.286. The van der Waals surface area contributed by atoms with Crippen LogP contribution in [0.2, 0.25) is 0 Å². The monoisotopic (exact) mass is 310 g/mol. The number of benzene rings is 1. The smallest absolute Gasteiger partial charge is 0.477 e. The van der Waals surface area contributed by atoms with Gasteiger partial charge in [-0.2, -0.15) is 0 Å². The molecule has 1 aliphatic carbocycles. The van der Waals surface area contributed by atoms with Crippen LogP contribution in [0.25, 0.3) is 10.9 Å². The van der Waals surface area contributed by atoms with E-state index in [1.807, 2.05) is 0 Å². The maximum atomic E-state index is 13.7. The van der Waals surface area contributed by atoms with Gasteiger partial charge in [0.25, 0.3) is 0 Å². The van der Waals surface area contributed by atoms with Crippen molar-refractivity contribution in [2.24, 2.45) is 0 Å². The number of hydrogen-bond donors (Lipinski definition) is 1. The Morgan fingerprint density at radius 1 is 1.36 bits per heavy atom. The first-order valence-electron chi connectivity index (χ1n) is 6.51. The second kappa shape index (κ2) is 6.25. The summed E-state index contributed by atoms with van der Waals surface area (Å²) in [7, 11) is -1.00. The minimum Gasteiger partial charge on any atom is -0.477 e. The SMILES string of the molecule is Cc1c(F)ccc2c(=O)c(C(=O)O)cn(C3CC3)c12.F[B]F. The van der Waals surface area contributed by atoms with E-state index in [0.717, 1.165) is 12.8 Å². The van der Waals surface area contributed by atoms with Gasteiger partial charge in [-0.3, -0.25) is 13.4 Å². The number of rotatable bonds is 2. The Balaban J connectivity index is 0.000000545. The zero-order valence-corrected chi connectivity index (χ0v) is 11.6. The molecule has 0 aliphatic heterocycles. The Kier molecular flexibility index (Phi) is 4.58. The second-order valence-corrected chi connectivity index (χ2v) is 4.97. The van der Waals surface area contributed by atoms with Crippen LogP contribution < -0.4 is 5.43 Å². The summed E-state index contributed by atoms with van der Waals surface area (Å²) in [5.74, 6) is -1.63. The number of aromatic carboxylic acids is 1. The van der Waals surface area contributed by atoms with E-state index in [0.29, 0.717) is 11.1 Å². The Morgan fingerprint density at radius 3 is 2.45 bits per heavy atom. The number of halogens is 3. The maximum Gasteiger partial charge on any atom is 0.577 e. The molecule has 4 nitrogen and oxygen atoms in total. The molecule has 1 saturated carbocycles. The normalized spacial score (nSPS) is 13.5. The molecule has 0 spiro atoms. The molecular formula is C14H12BF3NO3. The molecule has 0 unspecified atom stereocenters. The van der Waals surface area contributed by atoms with E-state index in [2.05, 4.69) is 0 Å². The lowest BCUT2D eigenvalue weighted by atomic mass is 10.1. The fourth-order valence-corrected chi connectivity index (χ4v) is 2.39. The summed E-state index contributed by atoms with van der Waals surface area (Å²) in [6.07, 6.45) is 3.19. The molecular weight excluding hydrogens is 298 g/mol. The van der Waals surface area contributed by atoms with Gasteiger partial charge < -0.3 is 9.67 Å². The Labute approximate surface area is 124 Å². The predicted octanol–water partition coefficient (Wildman–Crippen LogP) is 2.94. The third kappa shape index (κ3) is 2.86. The van der Waals surface area contributed by atoms with Crippen LogP contribution in [0.5, 0.6) is 0 Å². The number of carboxylic acids is 1. The van der Waals surface area contributed by atoms with Crippen molar-refractivity contribution in [3.05, 3.63) is 45.5 Å². The lowest BCUT2D eigenvalue weighted by Gasteiger charge is -2.13. The first-order chi connectivity index (χ1) is 10.4. The van der Waals surface area contributed by atoms with Crippen LogP contribution in [-0.2, 0) is 0 Å². The molecule has 1 N–H and O–H groups in total. The highest BCUT2D eigenvalue weighted by Crippen LogP contribution is 2.37. The van der Waals surface area contributed by atoms with Crippen molar-refractivity contribution in [3.8, 4) is 0 Å². The van der Waals surface area contributed by atoms with Crippen molar-refractivity contribution in [3.63, 3.8) is 0 Å². The fourth-order valence-electron chi connectivity index (χ4n) is 2.39. The summed E-state index contributed by atoms with van der Waals surface area (Å²) in [6, 6.07) is 2.74. The van der Waals surface area contributed by atoms with Gasteiger partial charge in [-0.05, 0) is 31.9 Å². The third-order valence-electron chi connectivity index (χ3n) is 3.55. The van der Waals surface area contributed by atoms with Crippen molar-refractivity contribution in [2.75, 3.05) is 0 Å². The maximum absolute atomic E-state index is 13.7. The van der Waals surface area contributed by atoms with Crippen LogP contribution in [0.4, 0.5) is 13.0 Å². The first-order valence-corrected chi connectivity index (χ1v) is 6.51. The number of carbonyl (C=O) groups is 1. The lowest BCUT2D eigenvalue weighted by Crippen LogP contribution is -2.19. The standard InChI is InChI=1S/C14H12FNO3.BF2/c1-7-11(15)5-4-9-12(7)16(8-2-3-8)6-10(13(9)17)14(18)19;2-1-3/h4-6,8H,2-3H2,1H3,(H,18,19);. The van der Waals surface area contributed by atoms with Crippen LogP contribution in [-0.4, -0.2) is 23.5 Å². The summed E-state index contributed by atoms with van der Waals surface area (Å²) in [5, 5.41) is 9.36. The highest BCUT2D eigenvalue weighted by Gasteiger charge is 2.27. The van der Waals surface area contributed by atoms with Crippen LogP contribution in [0.1, 0.15) is 34.8 Å². The molecule has 0 amide bonds. The van der Waals surface area contributed by atoms with Gasteiger partial charge in [-0.1, -0.05) is 0 Å². The summed E-state index contributed by atoms with van der Waals surface area (Å²) in [6.45, 7) is 1.61. The second-order valence-electron chi connectivity index (χ2n) is 4.97. The lowest BCUT2D eigenvalue weighted by molar-refractivity contribution is 0.0695. The summed E-state index contributed by atoms with van der Waals surface area (Å²) in [5.41, 5.74) is 0.0869. The van der Waals surface area contributed by atoms with E-state index in [1.165, 1.54) is 18.3 Å². The number of aromatic nitrogens is 1. The van der Waals surface area contributed by atoms with Gasteiger partial charge in [0.1, 0.15) is 11.4 Å². The number of carboxylic acid groups (broad SMARTS) is 1. The van der Waals surface area contributed by atoms with Gasteiger partial charge in [0.15, 0.2) is 0 Å². The molecule has 0 bridgehead atoms. The van der Waals surface area contributed by atoms with Crippen LogP contribution in [0.15, 0.2) is 23.1 Å². The molecule has 1 aromatic heterocycles. The number of aryl methyl sites for hydroxylation is 1. The predicted molar refractivity (Wildman–Crippen MR) is 76.1 cm³/mol. The Bertz CT molecular complexity index is 787. The molecule has 1 aliphatic rings. The van der Waals surface area contributed by atoms with Crippen molar-refractivity contribution < 1.29 is 22.9 Å². The van der Waals surface area contributed by atoms with E-state index < -0.39 is 19.2 Å². The zero-order valence-electron chi connectivity index (χ0n) is 11.6. The summed E-state index contributed by atoms with van der Waals surface area (Å²) >= 11 is 0. The van der Waals surface area contributed by atoms with Gasteiger partial charge in [0.05, 0.1) is 5.52 Å². The molecule has 3 rings (SSSR count). The van der Waals surface area contributed by atoms with E-state index in [4.69, 9.17) is 5.11 Å². The molecule has 1 aromatic carbocycles. The quantitative estimate of drug-likeness (QED) is 0.868. The molecule has 8 heteroatoms. The van der Waals surface area contributed by atoms with E-state index in [1.54, 1.807) is 11.5 Å². The summed E-state index contributed by atoms with van der Waals surface area (Å²) < 4.78 is 34.4. The largest absolute Gasteiger partial charge is 0.577 e. The van der Waals surface area contributed by atoms with Crippen LogP contribution in [0.3, 0.4) is 0 Å². The number of hydrogen-bond acceptors (Lipinski definition) is 2. The third-order valence-corrected chi connectivity index (χ3v) is 3.55. The zero-order chi connectivity index (χ0) is 16.4. The van der Waals surface area contributed by atoms with Crippen molar-refractivity contribution in [1.82, 2.24) is 4.57 Å². The van der Waals surface area contributed by atoms with Gasteiger partial charge in [0, 0.05) is 23.2 Å². The van der Waals surface area contributed by atoms with Gasteiger partial charge in [-0.25, -0.2) is 9.18 Å². The average molecular weight is 310 g/mol. The van der Waals surface area contributed by atoms with Crippen molar-refractivity contribution in [2.45, 2.75) is 25.8 Å². The topological polar surface area (TPSA) is 59.3 Å². The molecule has 1 fully saturated rings. The molecule has 0 saturated heterocycles. The molecule has 115 valence electrons. The molecule has 1 radical (unpaired) electrons. The van der Waals surface area contributed by atoms with Crippen LogP contribution >= 0.6 is 0 Å². The summed E-state index contributed by atoms with van der Waals surface area (Å²) in [4.78, 5) is 23.2. The molecule has 1 heterocycles. The van der Waals surface area contributed by atoms with Gasteiger partial charge in [0.2, 0.25) is 5.43 Å². The molecule has 2 aromatic rings. The van der Waals surface area contributed by atoms with Gasteiger partial charge in [-0.15, -0.1) is 0 Å². The van der Waals surface area contributed by atoms with Crippen molar-refractivity contribution >= 4 is 24.7 Å². The highest BCUT2D eigenvalue weighted by atomic mass is 19.2. The number of pyridine rings is 1. The minimum atomic E-state index is -1.25. The van der Waals surface area contributed by atoms with E-state index in [9.17, 15) is 22.6 Å². The molecule has 22 heavy (non-hydrogen) atoms. The van der Waals surface area contributed by atoms with Gasteiger partial charge >= 0.3 is 13.8 Å². The molecule has 0 atom stereocenters. The van der Waals surface area contributed by atoms with Crippen molar-refractivity contribution in [1.29, 1.82) is 0 Å². The van der Waals surface area contributed by atoms with Crippen LogP contribution in [0, 0.1) is 12.7 Å². The first kappa shape index (κ1) is 16.1. The van der Waals surface area contributed by atoms with E-state index in [-0.39, 0.29) is 22.8 Å².